The quantitative estimate of drug-likeness (QED) is 0.531. The number of anilines is 1. The van der Waals surface area contributed by atoms with E-state index in [9.17, 15) is 4.79 Å². The van der Waals surface area contributed by atoms with Gasteiger partial charge in [-0.25, -0.2) is 10.1 Å². The summed E-state index contributed by atoms with van der Waals surface area (Å²) in [5.74, 6) is 0. The van der Waals surface area contributed by atoms with Crippen molar-refractivity contribution in [1.29, 1.82) is 5.26 Å². The van der Waals surface area contributed by atoms with Crippen molar-refractivity contribution in [2.45, 2.75) is 0 Å². The summed E-state index contributed by atoms with van der Waals surface area (Å²) in [6.07, 6.45) is 1.50. The van der Waals surface area contributed by atoms with Crippen molar-refractivity contribution in [3.05, 3.63) is 29.3 Å². The minimum atomic E-state index is -0.601. The molecule has 66 valence electrons. The molecule has 0 aromatic heterocycles. The lowest BCUT2D eigenvalue weighted by atomic mass is 10.3. The maximum absolute atomic E-state index is 10.9. The van der Waals surface area contributed by atoms with E-state index in [1.54, 1.807) is 24.3 Å². The van der Waals surface area contributed by atoms with Crippen molar-refractivity contribution < 1.29 is 4.79 Å². The van der Waals surface area contributed by atoms with Gasteiger partial charge in [-0.1, -0.05) is 23.7 Å². The van der Waals surface area contributed by atoms with Gasteiger partial charge in [-0.2, -0.15) is 5.26 Å². The summed E-state index contributed by atoms with van der Waals surface area (Å²) < 4.78 is 0. The summed E-state index contributed by atoms with van der Waals surface area (Å²) in [5.41, 5.74) is 0.469. The first-order valence-electron chi connectivity index (χ1n) is 3.44. The van der Waals surface area contributed by atoms with E-state index in [0.29, 0.717) is 10.7 Å². The first-order valence-corrected chi connectivity index (χ1v) is 3.82. The molecule has 0 atom stereocenters. The van der Waals surface area contributed by atoms with Crippen molar-refractivity contribution in [3.63, 3.8) is 0 Å². The van der Waals surface area contributed by atoms with Crippen LogP contribution in [0.3, 0.4) is 0 Å². The fourth-order valence-corrected chi connectivity index (χ4v) is 0.950. The number of nitrogens with one attached hydrogen (secondary N) is 2. The predicted octanol–water partition coefficient (Wildman–Crippen LogP) is 1.94. The Balaban J connectivity index is 2.70. The van der Waals surface area contributed by atoms with Crippen LogP contribution < -0.4 is 10.6 Å². The van der Waals surface area contributed by atoms with E-state index >= 15 is 0 Å². The average Bonchev–Trinajstić information content (AvgIpc) is 2.09. The Morgan fingerprint density at radius 3 is 2.77 bits per heavy atom. The van der Waals surface area contributed by atoms with Gasteiger partial charge >= 0.3 is 6.03 Å². The lowest BCUT2D eigenvalue weighted by Crippen LogP contribution is -2.24. The van der Waals surface area contributed by atoms with Crippen LogP contribution >= 0.6 is 11.6 Å². The second-order valence-electron chi connectivity index (χ2n) is 2.17. The van der Waals surface area contributed by atoms with Gasteiger partial charge in [0.05, 0.1) is 10.7 Å². The molecule has 13 heavy (non-hydrogen) atoms. The van der Waals surface area contributed by atoms with E-state index in [0.717, 1.165) is 0 Å². The summed E-state index contributed by atoms with van der Waals surface area (Å²) in [6, 6.07) is 6.16. The maximum atomic E-state index is 10.9. The molecule has 4 nitrogen and oxygen atoms in total. The molecule has 0 fully saturated rings. The molecular weight excluding hydrogens is 190 g/mol. The Kier molecular flexibility index (Phi) is 3.12. The van der Waals surface area contributed by atoms with E-state index in [1.165, 1.54) is 6.19 Å². The minimum Gasteiger partial charge on any atom is -0.306 e. The average molecular weight is 196 g/mol. The molecule has 2 amide bonds. The Bertz CT molecular complexity index is 359. The van der Waals surface area contributed by atoms with Crippen LogP contribution in [-0.4, -0.2) is 6.03 Å². The summed E-state index contributed by atoms with van der Waals surface area (Å²) in [7, 11) is 0. The van der Waals surface area contributed by atoms with E-state index < -0.39 is 6.03 Å². The number of carbonyl (C=O) groups is 1. The normalized spacial score (nSPS) is 8.62. The van der Waals surface area contributed by atoms with Crippen LogP contribution in [-0.2, 0) is 0 Å². The largest absolute Gasteiger partial charge is 0.332 e. The number of benzene rings is 1. The second-order valence-corrected chi connectivity index (χ2v) is 2.58. The van der Waals surface area contributed by atoms with Gasteiger partial charge in [-0.15, -0.1) is 0 Å². The Morgan fingerprint density at radius 1 is 1.46 bits per heavy atom. The zero-order chi connectivity index (χ0) is 9.68. The molecule has 0 saturated heterocycles. The van der Waals surface area contributed by atoms with E-state index in [1.807, 2.05) is 5.32 Å². The van der Waals surface area contributed by atoms with Gasteiger partial charge in [0.15, 0.2) is 6.19 Å². The fourth-order valence-electron chi connectivity index (χ4n) is 0.767. The number of nitrogens with zero attached hydrogens (tertiary/aromatic N) is 1. The molecule has 0 heterocycles. The molecule has 1 rings (SSSR count). The highest BCUT2D eigenvalue weighted by Crippen LogP contribution is 2.19. The van der Waals surface area contributed by atoms with Crippen LogP contribution in [0, 0.1) is 11.5 Å². The highest BCUT2D eigenvalue weighted by atomic mass is 35.5. The van der Waals surface area contributed by atoms with E-state index in [-0.39, 0.29) is 0 Å². The topological polar surface area (TPSA) is 64.9 Å². The molecule has 0 aliphatic heterocycles. The van der Waals surface area contributed by atoms with Crippen molar-refractivity contribution >= 4 is 23.3 Å². The monoisotopic (exact) mass is 195 g/mol. The number of para-hydroxylation sites is 1. The van der Waals surface area contributed by atoms with Gasteiger partial charge in [0.2, 0.25) is 0 Å². The first-order chi connectivity index (χ1) is 6.24. The number of hydrogen-bond acceptors (Lipinski definition) is 2. The van der Waals surface area contributed by atoms with Crippen LogP contribution in [0.1, 0.15) is 0 Å². The minimum absolute atomic E-state index is 0.426. The fraction of sp³-hybridized carbons (Fsp3) is 0. The molecule has 0 bridgehead atoms. The maximum Gasteiger partial charge on any atom is 0.332 e. The molecule has 1 aromatic rings. The number of hydrogen-bond donors (Lipinski definition) is 2. The molecule has 0 spiro atoms. The molecule has 0 unspecified atom stereocenters. The van der Waals surface area contributed by atoms with Gasteiger partial charge in [-0.05, 0) is 12.1 Å². The Hall–Kier alpha value is -1.73. The first kappa shape index (κ1) is 9.36. The summed E-state index contributed by atoms with van der Waals surface area (Å²) in [5, 5.41) is 12.9. The standard InChI is InChI=1S/C8H6ClN3O/c9-6-3-1-2-4-7(6)12-8(13)11-5-10/h1-4H,(H2,11,12,13). The van der Waals surface area contributed by atoms with Gasteiger partial charge < -0.3 is 5.32 Å². The van der Waals surface area contributed by atoms with Gasteiger partial charge in [0.25, 0.3) is 0 Å². The zero-order valence-corrected chi connectivity index (χ0v) is 7.30. The number of halogens is 1. The zero-order valence-electron chi connectivity index (χ0n) is 6.54. The van der Waals surface area contributed by atoms with Crippen LogP contribution in [0.15, 0.2) is 24.3 Å². The third-order valence-corrected chi connectivity index (χ3v) is 1.62. The van der Waals surface area contributed by atoms with E-state index in [4.69, 9.17) is 16.9 Å². The third-order valence-electron chi connectivity index (χ3n) is 1.29. The third kappa shape index (κ3) is 2.65. The lowest BCUT2D eigenvalue weighted by molar-refractivity contribution is 0.255. The van der Waals surface area contributed by atoms with Crippen molar-refractivity contribution in [3.8, 4) is 6.19 Å². The molecule has 0 aliphatic rings. The second kappa shape index (κ2) is 4.33. The number of nitriles is 1. The molecule has 5 heteroatoms. The Labute approximate surface area is 80.1 Å². The molecule has 0 saturated carbocycles. The summed E-state index contributed by atoms with van der Waals surface area (Å²) in [6.45, 7) is 0. The van der Waals surface area contributed by atoms with E-state index in [2.05, 4.69) is 5.32 Å². The van der Waals surface area contributed by atoms with Gasteiger partial charge in [0.1, 0.15) is 0 Å². The molecule has 0 aliphatic carbocycles. The van der Waals surface area contributed by atoms with Gasteiger partial charge in [0, 0.05) is 0 Å². The molecule has 1 aromatic carbocycles. The molecule has 0 radical (unpaired) electrons. The number of carbonyl (C=O) groups excluding carboxylic acids is 1. The van der Waals surface area contributed by atoms with Gasteiger partial charge in [-0.3, -0.25) is 0 Å². The predicted molar refractivity (Wildman–Crippen MR) is 49.2 cm³/mol. The smallest absolute Gasteiger partial charge is 0.306 e. The van der Waals surface area contributed by atoms with Crippen molar-refractivity contribution in [2.24, 2.45) is 0 Å². The molecule has 2 N–H and O–H groups in total. The molecular formula is C8H6ClN3O. The van der Waals surface area contributed by atoms with Crippen LogP contribution in [0.5, 0.6) is 0 Å². The van der Waals surface area contributed by atoms with Crippen LogP contribution in [0.4, 0.5) is 10.5 Å². The van der Waals surface area contributed by atoms with Crippen molar-refractivity contribution in [1.82, 2.24) is 5.32 Å². The van der Waals surface area contributed by atoms with Crippen molar-refractivity contribution in [2.75, 3.05) is 5.32 Å². The van der Waals surface area contributed by atoms with Crippen LogP contribution in [0.2, 0.25) is 5.02 Å². The number of amides is 2. The highest BCUT2D eigenvalue weighted by Gasteiger charge is 2.02. The summed E-state index contributed by atoms with van der Waals surface area (Å²) >= 11 is 5.74. The Morgan fingerprint density at radius 2 is 2.15 bits per heavy atom. The van der Waals surface area contributed by atoms with Crippen LogP contribution in [0.25, 0.3) is 0 Å². The highest BCUT2D eigenvalue weighted by molar-refractivity contribution is 6.33. The number of rotatable bonds is 1. The summed E-state index contributed by atoms with van der Waals surface area (Å²) in [4.78, 5) is 10.9. The SMILES string of the molecule is N#CNC(=O)Nc1ccccc1Cl. The number of urea groups is 1. The lowest BCUT2D eigenvalue weighted by Gasteiger charge is -2.03.